The van der Waals surface area contributed by atoms with Crippen LogP contribution in [-0.4, -0.2) is 41.0 Å². The van der Waals surface area contributed by atoms with Crippen molar-refractivity contribution in [1.82, 2.24) is 9.55 Å². The average Bonchev–Trinajstić information content (AvgIpc) is 2.75. The topological polar surface area (TPSA) is 87.5 Å². The van der Waals surface area contributed by atoms with E-state index in [0.29, 0.717) is 21.1 Å². The van der Waals surface area contributed by atoms with E-state index in [0.717, 1.165) is 17.3 Å². The van der Waals surface area contributed by atoms with Crippen LogP contribution in [-0.2, 0) is 20.8 Å². The molecule has 1 aromatic heterocycles. The van der Waals surface area contributed by atoms with Crippen molar-refractivity contribution in [1.29, 1.82) is 0 Å². The predicted octanol–water partition coefficient (Wildman–Crippen LogP) is 3.54. The molecule has 0 unspecified atom stereocenters. The van der Waals surface area contributed by atoms with Crippen LogP contribution in [0.4, 0.5) is 0 Å². The van der Waals surface area contributed by atoms with Crippen LogP contribution in [0.3, 0.4) is 0 Å². The van der Waals surface area contributed by atoms with E-state index in [4.69, 9.17) is 21.1 Å². The van der Waals surface area contributed by atoms with Crippen LogP contribution in [0.15, 0.2) is 52.4 Å². The number of thioether (sulfide) groups is 1. The van der Waals surface area contributed by atoms with Gasteiger partial charge in [0.15, 0.2) is 5.16 Å². The van der Waals surface area contributed by atoms with Gasteiger partial charge >= 0.3 is 11.9 Å². The normalized spacial score (nSPS) is 11.9. The summed E-state index contributed by atoms with van der Waals surface area (Å²) in [6.07, 6.45) is 0. The first-order valence-electron chi connectivity index (χ1n) is 8.96. The number of benzene rings is 2. The molecule has 0 aliphatic rings. The number of halogens is 1. The van der Waals surface area contributed by atoms with Crippen molar-refractivity contribution in [3.63, 3.8) is 0 Å². The Kier molecular flexibility index (Phi) is 6.79. The molecule has 7 nitrogen and oxygen atoms in total. The summed E-state index contributed by atoms with van der Waals surface area (Å²) in [7, 11) is 2.58. The number of methoxy groups -OCH3 is 2. The van der Waals surface area contributed by atoms with Gasteiger partial charge in [0.05, 0.1) is 37.2 Å². The van der Waals surface area contributed by atoms with Crippen LogP contribution in [0.2, 0.25) is 5.02 Å². The summed E-state index contributed by atoms with van der Waals surface area (Å²) in [5.74, 6) is -0.974. The van der Waals surface area contributed by atoms with Crippen molar-refractivity contribution in [2.45, 2.75) is 23.9 Å². The van der Waals surface area contributed by atoms with Gasteiger partial charge in [-0.15, -0.1) is 0 Å². The van der Waals surface area contributed by atoms with E-state index in [1.54, 1.807) is 19.1 Å². The number of esters is 2. The minimum Gasteiger partial charge on any atom is -0.468 e. The van der Waals surface area contributed by atoms with Gasteiger partial charge in [0.2, 0.25) is 0 Å². The SMILES string of the molecule is COC(=O)c1ccc2c(=O)n(Cc3ccccc3Cl)c(S[C@H](C)C(=O)OC)nc2c1. The number of fused-ring (bicyclic) bond motifs is 1. The minimum atomic E-state index is -0.597. The van der Waals surface area contributed by atoms with Gasteiger partial charge in [-0.25, -0.2) is 9.78 Å². The van der Waals surface area contributed by atoms with E-state index in [1.807, 2.05) is 12.1 Å². The van der Waals surface area contributed by atoms with E-state index >= 15 is 0 Å². The number of hydrogen-bond acceptors (Lipinski definition) is 7. The fourth-order valence-electron chi connectivity index (χ4n) is 2.84. The van der Waals surface area contributed by atoms with Crippen LogP contribution in [0.5, 0.6) is 0 Å². The van der Waals surface area contributed by atoms with Gasteiger partial charge in [0, 0.05) is 5.02 Å². The molecule has 2 aromatic carbocycles. The van der Waals surface area contributed by atoms with E-state index in [9.17, 15) is 14.4 Å². The van der Waals surface area contributed by atoms with Crippen LogP contribution >= 0.6 is 23.4 Å². The fraction of sp³-hybridized carbons (Fsp3) is 0.238. The summed E-state index contributed by atoms with van der Waals surface area (Å²) >= 11 is 7.37. The summed E-state index contributed by atoms with van der Waals surface area (Å²) < 4.78 is 11.0. The number of carbonyl (C=O) groups is 2. The standard InChI is InChI=1S/C21H19ClN2O5S/c1-12(19(26)28-2)30-21-23-17-10-13(20(27)29-3)8-9-15(17)18(25)24(21)11-14-6-4-5-7-16(14)22/h4-10,12H,11H2,1-3H3/t12-/m1/s1. The highest BCUT2D eigenvalue weighted by atomic mass is 35.5. The summed E-state index contributed by atoms with van der Waals surface area (Å²) in [5.41, 5.74) is 1.03. The Morgan fingerprint density at radius 2 is 1.90 bits per heavy atom. The molecule has 3 aromatic rings. The molecule has 0 fully saturated rings. The number of ether oxygens (including phenoxy) is 2. The van der Waals surface area contributed by atoms with Gasteiger partial charge in [-0.3, -0.25) is 14.2 Å². The molecule has 3 rings (SSSR count). The first-order chi connectivity index (χ1) is 14.3. The molecular formula is C21H19ClN2O5S. The highest BCUT2D eigenvalue weighted by Crippen LogP contribution is 2.25. The molecule has 0 spiro atoms. The van der Waals surface area contributed by atoms with Crippen molar-refractivity contribution in [2.75, 3.05) is 14.2 Å². The Hall–Kier alpha value is -2.84. The molecule has 0 radical (unpaired) electrons. The highest BCUT2D eigenvalue weighted by molar-refractivity contribution is 8.00. The first kappa shape index (κ1) is 21.9. The van der Waals surface area contributed by atoms with E-state index < -0.39 is 17.2 Å². The van der Waals surface area contributed by atoms with Gasteiger partial charge in [-0.1, -0.05) is 41.6 Å². The Morgan fingerprint density at radius 1 is 1.17 bits per heavy atom. The highest BCUT2D eigenvalue weighted by Gasteiger charge is 2.21. The summed E-state index contributed by atoms with van der Waals surface area (Å²) in [6, 6.07) is 11.7. The first-order valence-corrected chi connectivity index (χ1v) is 10.2. The molecule has 0 saturated heterocycles. The maximum absolute atomic E-state index is 13.3. The maximum atomic E-state index is 13.3. The summed E-state index contributed by atoms with van der Waals surface area (Å²) in [4.78, 5) is 41.6. The summed E-state index contributed by atoms with van der Waals surface area (Å²) in [5, 5.41) is 0.570. The Morgan fingerprint density at radius 3 is 2.57 bits per heavy atom. The molecule has 0 aliphatic carbocycles. The van der Waals surface area contributed by atoms with E-state index in [1.165, 1.54) is 37.0 Å². The lowest BCUT2D eigenvalue weighted by molar-refractivity contribution is -0.139. The van der Waals surface area contributed by atoms with Crippen LogP contribution in [0.25, 0.3) is 10.9 Å². The van der Waals surface area contributed by atoms with Gasteiger partial charge in [-0.2, -0.15) is 0 Å². The van der Waals surface area contributed by atoms with Crippen molar-refractivity contribution in [3.8, 4) is 0 Å². The van der Waals surface area contributed by atoms with Crippen molar-refractivity contribution in [2.24, 2.45) is 0 Å². The smallest absolute Gasteiger partial charge is 0.337 e. The third-order valence-corrected chi connectivity index (χ3v) is 5.88. The zero-order valence-corrected chi connectivity index (χ0v) is 18.1. The van der Waals surface area contributed by atoms with E-state index in [-0.39, 0.29) is 17.7 Å². The molecule has 0 bridgehead atoms. The second-order valence-electron chi connectivity index (χ2n) is 6.38. The van der Waals surface area contributed by atoms with Crippen LogP contribution in [0.1, 0.15) is 22.8 Å². The van der Waals surface area contributed by atoms with Crippen LogP contribution < -0.4 is 5.56 Å². The predicted molar refractivity (Wildman–Crippen MR) is 115 cm³/mol. The lowest BCUT2D eigenvalue weighted by atomic mass is 10.1. The van der Waals surface area contributed by atoms with Gasteiger partial charge < -0.3 is 9.47 Å². The fourth-order valence-corrected chi connectivity index (χ4v) is 3.97. The third kappa shape index (κ3) is 4.49. The number of aromatic nitrogens is 2. The zero-order valence-electron chi connectivity index (χ0n) is 16.5. The maximum Gasteiger partial charge on any atom is 0.337 e. The number of rotatable bonds is 6. The second-order valence-corrected chi connectivity index (χ2v) is 8.10. The lowest BCUT2D eigenvalue weighted by Crippen LogP contribution is -2.26. The molecule has 30 heavy (non-hydrogen) atoms. The molecule has 1 atom stereocenters. The largest absolute Gasteiger partial charge is 0.468 e. The second kappa shape index (κ2) is 9.32. The molecular weight excluding hydrogens is 428 g/mol. The Balaban J connectivity index is 2.18. The van der Waals surface area contributed by atoms with Gasteiger partial charge in [-0.05, 0) is 36.8 Å². The molecule has 0 aliphatic heterocycles. The Bertz CT molecular complexity index is 1180. The molecule has 0 amide bonds. The molecule has 1 heterocycles. The summed E-state index contributed by atoms with van der Waals surface area (Å²) in [6.45, 7) is 1.84. The third-order valence-electron chi connectivity index (χ3n) is 4.44. The van der Waals surface area contributed by atoms with Crippen molar-refractivity contribution in [3.05, 3.63) is 69.0 Å². The number of hydrogen-bond donors (Lipinski definition) is 0. The van der Waals surface area contributed by atoms with Gasteiger partial charge in [0.25, 0.3) is 5.56 Å². The molecule has 0 N–H and O–H groups in total. The lowest BCUT2D eigenvalue weighted by Gasteiger charge is -2.16. The Labute approximate surface area is 182 Å². The van der Waals surface area contributed by atoms with Gasteiger partial charge in [0.1, 0.15) is 5.25 Å². The van der Waals surface area contributed by atoms with Crippen molar-refractivity contribution < 1.29 is 19.1 Å². The minimum absolute atomic E-state index is 0.177. The van der Waals surface area contributed by atoms with Crippen molar-refractivity contribution >= 4 is 46.2 Å². The number of nitrogens with zero attached hydrogens (tertiary/aromatic N) is 2. The molecule has 156 valence electrons. The molecule has 0 saturated carbocycles. The average molecular weight is 447 g/mol. The monoisotopic (exact) mass is 446 g/mol. The quantitative estimate of drug-likeness (QED) is 0.325. The molecule has 9 heteroatoms. The number of carbonyl (C=O) groups excluding carboxylic acids is 2. The zero-order chi connectivity index (χ0) is 21.8. The van der Waals surface area contributed by atoms with E-state index in [2.05, 4.69) is 4.98 Å². The van der Waals surface area contributed by atoms with Crippen LogP contribution in [0, 0.1) is 0 Å².